The second-order valence-electron chi connectivity index (χ2n) is 6.13. The molecule has 0 radical (unpaired) electrons. The van der Waals surface area contributed by atoms with E-state index >= 15 is 0 Å². The number of hydrogen-bond donors (Lipinski definition) is 0. The normalized spacial score (nSPS) is 25.2. The third-order valence-electron chi connectivity index (χ3n) is 4.23. The minimum atomic E-state index is 0.465. The molecule has 0 aliphatic heterocycles. The maximum absolute atomic E-state index is 11.6. The molecular formula is C17H30O. The Balaban J connectivity index is 2.35. The highest BCUT2D eigenvalue weighted by molar-refractivity contribution is 5.79. The summed E-state index contributed by atoms with van der Waals surface area (Å²) in [4.78, 5) is 11.6. The van der Waals surface area contributed by atoms with Crippen LogP contribution in [0.15, 0.2) is 12.2 Å². The number of rotatable bonds is 7. The minimum absolute atomic E-state index is 0.465. The maximum atomic E-state index is 11.6. The van der Waals surface area contributed by atoms with E-state index in [1.807, 2.05) is 0 Å². The third-order valence-corrected chi connectivity index (χ3v) is 4.23. The summed E-state index contributed by atoms with van der Waals surface area (Å²) < 4.78 is 0. The lowest BCUT2D eigenvalue weighted by Gasteiger charge is -2.31. The summed E-state index contributed by atoms with van der Waals surface area (Å²) in [7, 11) is 0. The highest BCUT2D eigenvalue weighted by Crippen LogP contribution is 2.34. The van der Waals surface area contributed by atoms with Crippen molar-refractivity contribution in [1.29, 1.82) is 0 Å². The van der Waals surface area contributed by atoms with E-state index in [0.29, 0.717) is 17.6 Å². The monoisotopic (exact) mass is 250 g/mol. The van der Waals surface area contributed by atoms with E-state index in [0.717, 1.165) is 25.2 Å². The molecule has 1 fully saturated rings. The Morgan fingerprint density at radius 3 is 2.72 bits per heavy atom. The van der Waals surface area contributed by atoms with Crippen LogP contribution in [0.1, 0.15) is 72.1 Å². The number of hydrogen-bond acceptors (Lipinski definition) is 1. The van der Waals surface area contributed by atoms with Gasteiger partial charge < -0.3 is 0 Å². The molecule has 1 nitrogen and oxygen atoms in total. The maximum Gasteiger partial charge on any atom is 0.133 e. The molecule has 0 aromatic carbocycles. The number of allylic oxidation sites excluding steroid dienone is 2. The summed E-state index contributed by atoms with van der Waals surface area (Å²) >= 11 is 0. The molecule has 0 bridgehead atoms. The molecule has 1 saturated carbocycles. The molecule has 0 heterocycles. The number of Topliss-reactive ketones (excluding diaryl/α,β-unsaturated/α-hetero) is 1. The zero-order valence-electron chi connectivity index (χ0n) is 12.5. The average Bonchev–Trinajstić information content (AvgIpc) is 2.33. The topological polar surface area (TPSA) is 17.1 Å². The Kier molecular flexibility index (Phi) is 7.31. The minimum Gasteiger partial charge on any atom is -0.300 e. The Bertz CT molecular complexity index is 265. The van der Waals surface area contributed by atoms with Gasteiger partial charge in [-0.3, -0.25) is 4.79 Å². The fourth-order valence-corrected chi connectivity index (χ4v) is 3.06. The molecule has 1 rings (SSSR count). The van der Waals surface area contributed by atoms with Gasteiger partial charge >= 0.3 is 0 Å². The van der Waals surface area contributed by atoms with E-state index < -0.39 is 0 Å². The van der Waals surface area contributed by atoms with Crippen molar-refractivity contribution in [2.75, 3.05) is 0 Å². The molecular weight excluding hydrogens is 220 g/mol. The molecule has 1 aliphatic rings. The Hall–Kier alpha value is -0.590. The van der Waals surface area contributed by atoms with Gasteiger partial charge in [0.2, 0.25) is 0 Å². The van der Waals surface area contributed by atoms with Crippen LogP contribution >= 0.6 is 0 Å². The lowest BCUT2D eigenvalue weighted by atomic mass is 9.73. The number of carbonyl (C=O) groups excluding carboxylic acids is 1. The largest absolute Gasteiger partial charge is 0.300 e. The Morgan fingerprint density at radius 2 is 2.06 bits per heavy atom. The molecule has 104 valence electrons. The van der Waals surface area contributed by atoms with Gasteiger partial charge in [0.15, 0.2) is 0 Å². The van der Waals surface area contributed by atoms with Gasteiger partial charge in [0.25, 0.3) is 0 Å². The molecule has 0 spiro atoms. The second-order valence-corrected chi connectivity index (χ2v) is 6.13. The summed E-state index contributed by atoms with van der Waals surface area (Å²) in [6, 6.07) is 0. The first-order chi connectivity index (χ1) is 8.65. The zero-order chi connectivity index (χ0) is 13.4. The van der Waals surface area contributed by atoms with Crippen molar-refractivity contribution >= 4 is 5.78 Å². The van der Waals surface area contributed by atoms with Gasteiger partial charge in [-0.2, -0.15) is 0 Å². The molecule has 1 aliphatic carbocycles. The van der Waals surface area contributed by atoms with Crippen LogP contribution in [0.3, 0.4) is 0 Å². The summed E-state index contributed by atoms with van der Waals surface area (Å²) in [5.41, 5.74) is 0. The van der Waals surface area contributed by atoms with Crippen molar-refractivity contribution in [1.82, 2.24) is 0 Å². The van der Waals surface area contributed by atoms with Gasteiger partial charge in [-0.25, -0.2) is 0 Å². The van der Waals surface area contributed by atoms with E-state index in [-0.39, 0.29) is 0 Å². The van der Waals surface area contributed by atoms with E-state index in [9.17, 15) is 4.79 Å². The van der Waals surface area contributed by atoms with Crippen LogP contribution in [-0.4, -0.2) is 5.78 Å². The first kappa shape index (κ1) is 15.5. The molecule has 0 aromatic heterocycles. The standard InChI is InChI=1S/C17H30O/c1-4-5-6-7-8-9-10-15-13-16(18)11-12-17(15)14(2)3/h9-10,14-15,17H,4-8,11-13H2,1-3H3. The van der Waals surface area contributed by atoms with Crippen molar-refractivity contribution in [3.05, 3.63) is 12.2 Å². The predicted molar refractivity (Wildman–Crippen MR) is 78.6 cm³/mol. The van der Waals surface area contributed by atoms with Gasteiger partial charge in [-0.05, 0) is 37.0 Å². The van der Waals surface area contributed by atoms with Crippen LogP contribution in [-0.2, 0) is 4.79 Å². The van der Waals surface area contributed by atoms with Crippen molar-refractivity contribution in [2.45, 2.75) is 72.1 Å². The zero-order valence-corrected chi connectivity index (χ0v) is 12.5. The van der Waals surface area contributed by atoms with Crippen molar-refractivity contribution in [3.8, 4) is 0 Å². The molecule has 2 atom stereocenters. The number of carbonyl (C=O) groups is 1. The molecule has 0 saturated heterocycles. The molecule has 0 amide bonds. The predicted octanol–water partition coefficient (Wildman–Crippen LogP) is 5.15. The van der Waals surface area contributed by atoms with E-state index in [4.69, 9.17) is 0 Å². The Labute approximate surface area is 113 Å². The summed E-state index contributed by atoms with van der Waals surface area (Å²) in [5, 5.41) is 0. The van der Waals surface area contributed by atoms with Gasteiger partial charge in [0, 0.05) is 12.8 Å². The quantitative estimate of drug-likeness (QED) is 0.451. The average molecular weight is 250 g/mol. The molecule has 1 heteroatoms. The van der Waals surface area contributed by atoms with Crippen LogP contribution in [0.5, 0.6) is 0 Å². The first-order valence-electron chi connectivity index (χ1n) is 7.83. The van der Waals surface area contributed by atoms with Gasteiger partial charge in [-0.15, -0.1) is 0 Å². The SMILES string of the molecule is CCCCCCC=CC1CC(=O)CCC1C(C)C. The van der Waals surface area contributed by atoms with Crippen LogP contribution in [0.4, 0.5) is 0 Å². The van der Waals surface area contributed by atoms with Crippen LogP contribution in [0, 0.1) is 17.8 Å². The molecule has 0 aromatic rings. The van der Waals surface area contributed by atoms with E-state index in [1.165, 1.54) is 32.1 Å². The van der Waals surface area contributed by atoms with Crippen molar-refractivity contribution in [2.24, 2.45) is 17.8 Å². The van der Waals surface area contributed by atoms with Gasteiger partial charge in [-0.1, -0.05) is 52.2 Å². The molecule has 18 heavy (non-hydrogen) atoms. The highest BCUT2D eigenvalue weighted by Gasteiger charge is 2.29. The number of unbranched alkanes of at least 4 members (excludes halogenated alkanes) is 4. The number of ketones is 1. The fraction of sp³-hybridized carbons (Fsp3) is 0.824. The summed E-state index contributed by atoms with van der Waals surface area (Å²) in [6.07, 6.45) is 13.9. The van der Waals surface area contributed by atoms with E-state index in [2.05, 4.69) is 32.9 Å². The molecule has 2 unspecified atom stereocenters. The van der Waals surface area contributed by atoms with Crippen LogP contribution < -0.4 is 0 Å². The summed E-state index contributed by atoms with van der Waals surface area (Å²) in [6.45, 7) is 6.84. The van der Waals surface area contributed by atoms with Crippen molar-refractivity contribution in [3.63, 3.8) is 0 Å². The smallest absolute Gasteiger partial charge is 0.133 e. The lowest BCUT2D eigenvalue weighted by molar-refractivity contribution is -0.122. The third kappa shape index (κ3) is 5.37. The highest BCUT2D eigenvalue weighted by atomic mass is 16.1. The fourth-order valence-electron chi connectivity index (χ4n) is 3.06. The van der Waals surface area contributed by atoms with Gasteiger partial charge in [0.1, 0.15) is 5.78 Å². The van der Waals surface area contributed by atoms with Crippen LogP contribution in [0.25, 0.3) is 0 Å². The lowest BCUT2D eigenvalue weighted by Crippen LogP contribution is -2.27. The van der Waals surface area contributed by atoms with Crippen molar-refractivity contribution < 1.29 is 4.79 Å². The van der Waals surface area contributed by atoms with E-state index in [1.54, 1.807) is 0 Å². The first-order valence-corrected chi connectivity index (χ1v) is 7.83. The van der Waals surface area contributed by atoms with Gasteiger partial charge in [0.05, 0.1) is 0 Å². The summed E-state index contributed by atoms with van der Waals surface area (Å²) in [5.74, 6) is 2.40. The molecule has 0 N–H and O–H groups in total. The van der Waals surface area contributed by atoms with Crippen LogP contribution in [0.2, 0.25) is 0 Å². The Morgan fingerprint density at radius 1 is 1.28 bits per heavy atom. The second kappa shape index (κ2) is 8.50.